The van der Waals surface area contributed by atoms with E-state index < -0.39 is 33.1 Å². The number of nitrogens with zero attached hydrogens (tertiary/aromatic N) is 2. The minimum Gasteiger partial charge on any atom is -0.434 e. The molecule has 1 aromatic rings. The predicted molar refractivity (Wildman–Crippen MR) is 106 cm³/mol. The Morgan fingerprint density at radius 2 is 1.87 bits per heavy atom. The molecule has 2 aliphatic rings. The first-order valence-electron chi connectivity index (χ1n) is 9.89. The molecular formula is C20H26F2N2O5S. The number of para-hydroxylation sites is 1. The van der Waals surface area contributed by atoms with E-state index in [1.54, 1.807) is 19.9 Å². The Kier molecular flexibility index (Phi) is 6.35. The van der Waals surface area contributed by atoms with Crippen molar-refractivity contribution in [3.05, 3.63) is 29.8 Å². The Morgan fingerprint density at radius 3 is 2.57 bits per heavy atom. The fourth-order valence-corrected chi connectivity index (χ4v) is 5.29. The topological polar surface area (TPSA) is 84.0 Å². The maximum absolute atomic E-state index is 13.2. The minimum atomic E-state index is -3.34. The fraction of sp³-hybridized carbons (Fsp3) is 0.600. The van der Waals surface area contributed by atoms with Crippen molar-refractivity contribution in [3.8, 4) is 5.75 Å². The zero-order valence-electron chi connectivity index (χ0n) is 17.0. The van der Waals surface area contributed by atoms with Crippen LogP contribution in [0.4, 0.5) is 8.78 Å². The number of halogens is 2. The van der Waals surface area contributed by atoms with E-state index in [1.165, 1.54) is 28.0 Å². The van der Waals surface area contributed by atoms with Crippen molar-refractivity contribution < 1.29 is 31.5 Å². The summed E-state index contributed by atoms with van der Waals surface area (Å²) < 4.78 is 53.8. The zero-order chi connectivity index (χ0) is 22.1. The van der Waals surface area contributed by atoms with Gasteiger partial charge in [0, 0.05) is 19.6 Å². The van der Waals surface area contributed by atoms with Crippen molar-refractivity contribution in [2.24, 2.45) is 0 Å². The molecule has 0 N–H and O–H groups in total. The number of ether oxygens (including phenoxy) is 1. The van der Waals surface area contributed by atoms with Gasteiger partial charge in [0.2, 0.25) is 5.91 Å². The summed E-state index contributed by atoms with van der Waals surface area (Å²) in [5, 5.41) is 0. The van der Waals surface area contributed by atoms with Crippen LogP contribution < -0.4 is 4.74 Å². The van der Waals surface area contributed by atoms with Gasteiger partial charge in [0.25, 0.3) is 5.91 Å². The summed E-state index contributed by atoms with van der Waals surface area (Å²) in [5.74, 6) is -1.22. The zero-order valence-corrected chi connectivity index (χ0v) is 17.8. The number of alkyl halides is 2. The van der Waals surface area contributed by atoms with E-state index in [2.05, 4.69) is 4.74 Å². The van der Waals surface area contributed by atoms with Gasteiger partial charge in [-0.25, -0.2) is 8.42 Å². The van der Waals surface area contributed by atoms with E-state index in [1.807, 2.05) is 0 Å². The van der Waals surface area contributed by atoms with Crippen molar-refractivity contribution in [2.45, 2.75) is 50.5 Å². The molecule has 2 saturated heterocycles. The maximum Gasteiger partial charge on any atom is 0.387 e. The highest BCUT2D eigenvalue weighted by atomic mass is 32.2. The summed E-state index contributed by atoms with van der Waals surface area (Å²) >= 11 is 0. The van der Waals surface area contributed by atoms with Crippen LogP contribution in [-0.4, -0.2) is 72.8 Å². The summed E-state index contributed by atoms with van der Waals surface area (Å²) in [4.78, 5) is 29.1. The third-order valence-corrected chi connectivity index (χ3v) is 8.51. The average molecular weight is 445 g/mol. The Labute approximate surface area is 174 Å². The highest BCUT2D eigenvalue weighted by Gasteiger charge is 2.42. The second-order valence-corrected chi connectivity index (χ2v) is 10.9. The first kappa shape index (κ1) is 22.5. The van der Waals surface area contributed by atoms with Gasteiger partial charge in [-0.15, -0.1) is 0 Å². The molecule has 2 amide bonds. The monoisotopic (exact) mass is 444 g/mol. The van der Waals surface area contributed by atoms with E-state index in [4.69, 9.17) is 0 Å². The van der Waals surface area contributed by atoms with Crippen LogP contribution >= 0.6 is 0 Å². The Balaban J connectivity index is 1.79. The Bertz CT molecular complexity index is 920. The maximum atomic E-state index is 13.2. The van der Waals surface area contributed by atoms with Gasteiger partial charge in [0.05, 0.1) is 16.1 Å². The number of carbonyl (C=O) groups is 2. The quantitative estimate of drug-likeness (QED) is 0.712. The standard InChI is InChI=1S/C20H26F2N2O5S/c1-20(2)9-11-23(12-13-30(20,27)28)18(26)15-7-5-10-24(15)17(25)14-6-3-4-8-16(14)29-19(21)22/h3-4,6,8,15,19H,5,7,9-13H2,1-2H3. The largest absolute Gasteiger partial charge is 0.434 e. The summed E-state index contributed by atoms with van der Waals surface area (Å²) in [7, 11) is -3.34. The number of amides is 2. The van der Waals surface area contributed by atoms with Gasteiger partial charge in [-0.1, -0.05) is 12.1 Å². The van der Waals surface area contributed by atoms with Crippen LogP contribution in [0, 0.1) is 0 Å². The SMILES string of the molecule is CC1(C)CCN(C(=O)C2CCCN2C(=O)c2ccccc2OC(F)F)CCS1(=O)=O. The van der Waals surface area contributed by atoms with Gasteiger partial charge in [0.15, 0.2) is 9.84 Å². The number of likely N-dealkylation sites (tertiary alicyclic amines) is 1. The lowest BCUT2D eigenvalue weighted by Gasteiger charge is -2.30. The third-order valence-electron chi connectivity index (χ3n) is 5.90. The third kappa shape index (κ3) is 4.43. The number of hydrogen-bond acceptors (Lipinski definition) is 5. The number of carbonyl (C=O) groups excluding carboxylic acids is 2. The minimum absolute atomic E-state index is 0.0305. The molecule has 1 atom stereocenters. The van der Waals surface area contributed by atoms with Crippen LogP contribution in [0.5, 0.6) is 5.75 Å². The van der Waals surface area contributed by atoms with E-state index in [0.717, 1.165) is 0 Å². The van der Waals surface area contributed by atoms with Gasteiger partial charge in [-0.2, -0.15) is 8.78 Å². The van der Waals surface area contributed by atoms with Crippen LogP contribution in [0.1, 0.15) is 43.5 Å². The molecule has 0 bridgehead atoms. The normalized spacial score (nSPS) is 23.3. The molecule has 0 aliphatic carbocycles. The van der Waals surface area contributed by atoms with E-state index >= 15 is 0 Å². The van der Waals surface area contributed by atoms with Crippen LogP contribution in [0.15, 0.2) is 24.3 Å². The predicted octanol–water partition coefficient (Wildman–Crippen LogP) is 2.32. The highest BCUT2D eigenvalue weighted by molar-refractivity contribution is 7.92. The van der Waals surface area contributed by atoms with Crippen molar-refractivity contribution in [3.63, 3.8) is 0 Å². The Hall–Kier alpha value is -2.23. The van der Waals surface area contributed by atoms with Crippen LogP contribution in [0.25, 0.3) is 0 Å². The first-order chi connectivity index (χ1) is 14.0. The molecule has 1 aromatic carbocycles. The molecule has 2 fully saturated rings. The van der Waals surface area contributed by atoms with Crippen molar-refractivity contribution in [2.75, 3.05) is 25.4 Å². The molecular weight excluding hydrogens is 418 g/mol. The van der Waals surface area contributed by atoms with Gasteiger partial charge >= 0.3 is 6.61 Å². The van der Waals surface area contributed by atoms with E-state index in [9.17, 15) is 26.8 Å². The molecule has 30 heavy (non-hydrogen) atoms. The van der Waals surface area contributed by atoms with E-state index in [-0.39, 0.29) is 36.1 Å². The number of sulfone groups is 1. The van der Waals surface area contributed by atoms with Gasteiger partial charge in [-0.3, -0.25) is 9.59 Å². The molecule has 166 valence electrons. The first-order valence-corrected chi connectivity index (χ1v) is 11.5. The second-order valence-electron chi connectivity index (χ2n) is 8.19. The summed E-state index contributed by atoms with van der Waals surface area (Å²) in [6.45, 7) is 0.916. The molecule has 0 saturated carbocycles. The van der Waals surface area contributed by atoms with Gasteiger partial charge in [0.1, 0.15) is 11.8 Å². The molecule has 0 spiro atoms. The lowest BCUT2D eigenvalue weighted by molar-refractivity contribution is -0.135. The smallest absolute Gasteiger partial charge is 0.387 e. The Morgan fingerprint density at radius 1 is 1.17 bits per heavy atom. The van der Waals surface area contributed by atoms with Gasteiger partial charge < -0.3 is 14.5 Å². The lowest BCUT2D eigenvalue weighted by Crippen LogP contribution is -2.48. The average Bonchev–Trinajstić information content (AvgIpc) is 3.12. The van der Waals surface area contributed by atoms with Crippen LogP contribution in [0.2, 0.25) is 0 Å². The van der Waals surface area contributed by atoms with Gasteiger partial charge in [-0.05, 0) is 45.2 Å². The number of rotatable bonds is 4. The molecule has 2 heterocycles. The molecule has 10 heteroatoms. The summed E-state index contributed by atoms with van der Waals surface area (Å²) in [5.41, 5.74) is -0.0305. The molecule has 2 aliphatic heterocycles. The van der Waals surface area contributed by atoms with Crippen molar-refractivity contribution in [1.29, 1.82) is 0 Å². The lowest BCUT2D eigenvalue weighted by atomic mass is 10.1. The van der Waals surface area contributed by atoms with Crippen LogP contribution in [0.3, 0.4) is 0 Å². The molecule has 7 nitrogen and oxygen atoms in total. The molecule has 3 rings (SSSR count). The highest BCUT2D eigenvalue weighted by Crippen LogP contribution is 2.29. The van der Waals surface area contributed by atoms with E-state index in [0.29, 0.717) is 25.8 Å². The van der Waals surface area contributed by atoms with Crippen molar-refractivity contribution in [1.82, 2.24) is 9.80 Å². The number of hydrogen-bond donors (Lipinski definition) is 0. The summed E-state index contributed by atoms with van der Waals surface area (Å²) in [6, 6.07) is 4.96. The second kappa shape index (κ2) is 8.49. The number of benzene rings is 1. The summed E-state index contributed by atoms with van der Waals surface area (Å²) in [6.07, 6.45) is 1.35. The molecule has 1 unspecified atom stereocenters. The van der Waals surface area contributed by atoms with Crippen molar-refractivity contribution >= 4 is 21.7 Å². The fourth-order valence-electron chi connectivity index (χ4n) is 3.87. The van der Waals surface area contributed by atoms with Crippen LogP contribution in [-0.2, 0) is 14.6 Å². The molecule has 0 aromatic heterocycles. The molecule has 0 radical (unpaired) electrons.